The Morgan fingerprint density at radius 2 is 0.957 bits per heavy atom. The molecule has 4 heteroatoms. The molecule has 0 spiro atoms. The Bertz CT molecular complexity index is 2710. The van der Waals surface area contributed by atoms with Crippen molar-refractivity contribution in [2.45, 2.75) is 0 Å². The van der Waals surface area contributed by atoms with Crippen LogP contribution in [0.5, 0.6) is 0 Å². The smallest absolute Gasteiger partial charge is 0.0661 e. The lowest BCUT2D eigenvalue weighted by Gasteiger charge is -2.27. The van der Waals surface area contributed by atoms with E-state index in [0.29, 0.717) is 0 Å². The lowest BCUT2D eigenvalue weighted by Crippen LogP contribution is -2.10. The summed E-state index contributed by atoms with van der Waals surface area (Å²) in [5, 5.41) is 7.71. The van der Waals surface area contributed by atoms with E-state index < -0.39 is 0 Å². The molecule has 0 saturated heterocycles. The first-order chi connectivity index (χ1) is 22.8. The fourth-order valence-electron chi connectivity index (χ4n) is 7.15. The van der Waals surface area contributed by atoms with Gasteiger partial charge in [0.1, 0.15) is 0 Å². The SMILES string of the molecule is c1ccc(N(c2ccc3sc4ccccc4c3c2)c2cc(-n3c4ccccc4c4ccccc43)cc3c2sc2ccccc23)cc1. The Morgan fingerprint density at radius 1 is 0.391 bits per heavy atom. The zero-order valence-electron chi connectivity index (χ0n) is 24.7. The van der Waals surface area contributed by atoms with E-state index in [9.17, 15) is 0 Å². The average molecular weight is 623 g/mol. The van der Waals surface area contributed by atoms with Crippen molar-refractivity contribution < 1.29 is 0 Å². The Labute approximate surface area is 273 Å². The minimum atomic E-state index is 1.14. The van der Waals surface area contributed by atoms with Gasteiger partial charge in [-0.3, -0.25) is 0 Å². The van der Waals surface area contributed by atoms with Gasteiger partial charge in [0.25, 0.3) is 0 Å². The fraction of sp³-hybridized carbons (Fsp3) is 0. The molecule has 10 rings (SSSR count). The first-order valence-corrected chi connectivity index (χ1v) is 17.2. The molecule has 0 N–H and O–H groups in total. The van der Waals surface area contributed by atoms with Crippen LogP contribution in [0.15, 0.2) is 158 Å². The largest absolute Gasteiger partial charge is 0.309 e. The number of aromatic nitrogens is 1. The molecule has 0 amide bonds. The molecule has 2 nitrogen and oxygen atoms in total. The number of benzene rings is 7. The number of para-hydroxylation sites is 3. The third kappa shape index (κ3) is 3.81. The third-order valence-electron chi connectivity index (χ3n) is 9.16. The quantitative estimate of drug-likeness (QED) is 0.190. The van der Waals surface area contributed by atoms with E-state index in [1.165, 1.54) is 67.8 Å². The maximum Gasteiger partial charge on any atom is 0.0661 e. The summed E-state index contributed by atoms with van der Waals surface area (Å²) in [4.78, 5) is 2.46. The van der Waals surface area contributed by atoms with Gasteiger partial charge < -0.3 is 9.47 Å². The van der Waals surface area contributed by atoms with Crippen molar-refractivity contribution >= 4 is 102 Å². The van der Waals surface area contributed by atoms with Crippen molar-refractivity contribution in [3.05, 3.63) is 158 Å². The Balaban J connectivity index is 1.33. The van der Waals surface area contributed by atoms with Gasteiger partial charge >= 0.3 is 0 Å². The number of nitrogens with zero attached hydrogens (tertiary/aromatic N) is 2. The second kappa shape index (κ2) is 10.0. The van der Waals surface area contributed by atoms with Crippen molar-refractivity contribution in [3.8, 4) is 5.69 Å². The molecule has 0 radical (unpaired) electrons. The molecule has 216 valence electrons. The van der Waals surface area contributed by atoms with Crippen molar-refractivity contribution in [1.82, 2.24) is 4.57 Å². The molecule has 46 heavy (non-hydrogen) atoms. The molecule has 3 aromatic heterocycles. The van der Waals surface area contributed by atoms with Crippen molar-refractivity contribution in [2.24, 2.45) is 0 Å². The van der Waals surface area contributed by atoms with Gasteiger partial charge in [-0.25, -0.2) is 0 Å². The first-order valence-electron chi connectivity index (χ1n) is 15.5. The van der Waals surface area contributed by atoms with Gasteiger partial charge in [0.15, 0.2) is 0 Å². The fourth-order valence-corrected chi connectivity index (χ4v) is 9.42. The van der Waals surface area contributed by atoms with Crippen LogP contribution in [0, 0.1) is 0 Å². The van der Waals surface area contributed by atoms with Crippen LogP contribution in [-0.4, -0.2) is 4.57 Å². The van der Waals surface area contributed by atoms with Crippen LogP contribution in [0.2, 0.25) is 0 Å². The van der Waals surface area contributed by atoms with Gasteiger partial charge in [-0.15, -0.1) is 22.7 Å². The number of hydrogen-bond donors (Lipinski definition) is 0. The number of rotatable bonds is 4. The van der Waals surface area contributed by atoms with Crippen molar-refractivity contribution in [1.29, 1.82) is 0 Å². The molecule has 0 fully saturated rings. The second-order valence-corrected chi connectivity index (χ2v) is 13.9. The normalized spacial score (nSPS) is 11.9. The van der Waals surface area contributed by atoms with Crippen LogP contribution in [0.4, 0.5) is 17.1 Å². The summed E-state index contributed by atoms with van der Waals surface area (Å²) >= 11 is 3.74. The molecule has 0 aliphatic carbocycles. The van der Waals surface area contributed by atoms with Crippen LogP contribution < -0.4 is 4.90 Å². The molecule has 3 heterocycles. The zero-order chi connectivity index (χ0) is 30.2. The average Bonchev–Trinajstić information content (AvgIpc) is 3.78. The van der Waals surface area contributed by atoms with Crippen LogP contribution in [0.1, 0.15) is 0 Å². The number of anilines is 3. The lowest BCUT2D eigenvalue weighted by molar-refractivity contribution is 1.18. The van der Waals surface area contributed by atoms with Gasteiger partial charge in [0.2, 0.25) is 0 Å². The maximum absolute atomic E-state index is 2.46. The summed E-state index contributed by atoms with van der Waals surface area (Å²) in [6.45, 7) is 0. The summed E-state index contributed by atoms with van der Waals surface area (Å²) in [6, 6.07) is 57.7. The van der Waals surface area contributed by atoms with E-state index >= 15 is 0 Å². The van der Waals surface area contributed by atoms with Crippen LogP contribution in [-0.2, 0) is 0 Å². The molecule has 7 aromatic carbocycles. The van der Waals surface area contributed by atoms with Gasteiger partial charge in [0, 0.05) is 63.5 Å². The lowest BCUT2D eigenvalue weighted by atomic mass is 10.1. The minimum Gasteiger partial charge on any atom is -0.309 e. The highest BCUT2D eigenvalue weighted by Crippen LogP contribution is 2.48. The van der Waals surface area contributed by atoms with Crippen molar-refractivity contribution in [2.75, 3.05) is 4.90 Å². The van der Waals surface area contributed by atoms with Gasteiger partial charge in [-0.2, -0.15) is 0 Å². The van der Waals surface area contributed by atoms with E-state index in [-0.39, 0.29) is 0 Å². The van der Waals surface area contributed by atoms with E-state index in [2.05, 4.69) is 167 Å². The zero-order valence-corrected chi connectivity index (χ0v) is 26.4. The molecule has 0 atom stereocenters. The Kier molecular flexibility index (Phi) is 5.65. The van der Waals surface area contributed by atoms with E-state index in [4.69, 9.17) is 0 Å². The van der Waals surface area contributed by atoms with Gasteiger partial charge in [0.05, 0.1) is 21.4 Å². The number of hydrogen-bond acceptors (Lipinski definition) is 3. The van der Waals surface area contributed by atoms with E-state index in [1.807, 2.05) is 22.7 Å². The Morgan fingerprint density at radius 3 is 1.67 bits per heavy atom. The van der Waals surface area contributed by atoms with Gasteiger partial charge in [-0.1, -0.05) is 91.0 Å². The molecule has 0 saturated carbocycles. The standard InChI is InChI=1S/C42H26N2S2/c1-2-12-27(13-3-1)43(28-22-23-41-34(24-28)32-16-6-10-20-39(32)45-41)38-26-29(25-35-33-17-7-11-21-40(33)46-42(35)38)44-36-18-8-4-14-30(36)31-15-5-9-19-37(31)44/h1-26H. The van der Waals surface area contributed by atoms with E-state index in [1.54, 1.807) is 0 Å². The molecular formula is C42H26N2S2. The predicted molar refractivity (Wildman–Crippen MR) is 201 cm³/mol. The molecule has 0 unspecified atom stereocenters. The molecule has 0 aliphatic heterocycles. The highest BCUT2D eigenvalue weighted by atomic mass is 32.1. The highest BCUT2D eigenvalue weighted by Gasteiger charge is 2.22. The van der Waals surface area contributed by atoms with Crippen LogP contribution >= 0.6 is 22.7 Å². The van der Waals surface area contributed by atoms with Crippen LogP contribution in [0.25, 0.3) is 67.8 Å². The van der Waals surface area contributed by atoms with Crippen LogP contribution in [0.3, 0.4) is 0 Å². The second-order valence-electron chi connectivity index (χ2n) is 11.8. The monoisotopic (exact) mass is 622 g/mol. The number of fused-ring (bicyclic) bond motifs is 9. The first kappa shape index (κ1) is 25.9. The summed E-state index contributed by atoms with van der Waals surface area (Å²) < 4.78 is 7.65. The molecule has 0 bridgehead atoms. The van der Waals surface area contributed by atoms with Crippen molar-refractivity contribution in [3.63, 3.8) is 0 Å². The number of thiophene rings is 2. The third-order valence-corrected chi connectivity index (χ3v) is 11.5. The summed E-state index contributed by atoms with van der Waals surface area (Å²) in [5.41, 5.74) is 7.06. The predicted octanol–water partition coefficient (Wildman–Crippen LogP) is 13.0. The molecule has 0 aliphatic rings. The molecule has 10 aromatic rings. The summed E-state index contributed by atoms with van der Waals surface area (Å²) in [7, 11) is 0. The highest BCUT2D eigenvalue weighted by molar-refractivity contribution is 7.26. The minimum absolute atomic E-state index is 1.14. The van der Waals surface area contributed by atoms with E-state index in [0.717, 1.165) is 17.1 Å². The van der Waals surface area contributed by atoms with Gasteiger partial charge in [-0.05, 0) is 66.7 Å². The summed E-state index contributed by atoms with van der Waals surface area (Å²) in [5.74, 6) is 0. The molecular weight excluding hydrogens is 597 g/mol. The Hall–Kier alpha value is -5.42. The summed E-state index contributed by atoms with van der Waals surface area (Å²) in [6.07, 6.45) is 0. The topological polar surface area (TPSA) is 8.17 Å². The maximum atomic E-state index is 2.46.